The number of hydroxylamine groups is 3. The van der Waals surface area contributed by atoms with Crippen molar-refractivity contribution in [3.8, 4) is 0 Å². The van der Waals surface area contributed by atoms with Crippen molar-refractivity contribution >= 4 is 28.4 Å². The minimum atomic E-state index is -4.86. The van der Waals surface area contributed by atoms with Gasteiger partial charge >= 0.3 is 22.5 Å². The standard InChI is InChI=1S/C14H26N4O9S/c1-5-17-10(6-8-18(13(17)21)27-28(22,23)24)11(19)16-25-9-7-15-12(20)26-14(2,3)4/h10H,5-9H2,1-4H3,(H,15,20)(H,16,19)(H,22,23,24)/t10-/m0/s1. The van der Waals surface area contributed by atoms with Gasteiger partial charge < -0.3 is 15.0 Å². The number of hydrogen-bond donors (Lipinski definition) is 3. The highest BCUT2D eigenvalue weighted by molar-refractivity contribution is 7.80. The topological polar surface area (TPSA) is 164 Å². The summed E-state index contributed by atoms with van der Waals surface area (Å²) in [5, 5.41) is 2.89. The Balaban J connectivity index is 2.44. The number of nitrogens with zero attached hydrogens (tertiary/aromatic N) is 2. The molecule has 162 valence electrons. The van der Waals surface area contributed by atoms with E-state index in [2.05, 4.69) is 15.1 Å². The molecule has 0 radical (unpaired) electrons. The molecule has 14 heteroatoms. The molecule has 1 rings (SSSR count). The van der Waals surface area contributed by atoms with Crippen LogP contribution in [0.2, 0.25) is 0 Å². The average molecular weight is 426 g/mol. The normalized spacial score (nSPS) is 18.0. The number of ether oxygens (including phenoxy) is 1. The zero-order chi connectivity index (χ0) is 21.5. The Morgan fingerprint density at radius 2 is 1.96 bits per heavy atom. The molecule has 0 bridgehead atoms. The molecule has 0 aromatic rings. The zero-order valence-corrected chi connectivity index (χ0v) is 16.9. The van der Waals surface area contributed by atoms with Crippen LogP contribution in [0.3, 0.4) is 0 Å². The lowest BCUT2D eigenvalue weighted by atomic mass is 10.1. The second kappa shape index (κ2) is 9.86. The smallest absolute Gasteiger partial charge is 0.418 e. The van der Waals surface area contributed by atoms with E-state index in [9.17, 15) is 22.8 Å². The molecule has 1 heterocycles. The van der Waals surface area contributed by atoms with E-state index in [1.165, 1.54) is 0 Å². The summed E-state index contributed by atoms with van der Waals surface area (Å²) in [4.78, 5) is 41.9. The van der Waals surface area contributed by atoms with Crippen molar-refractivity contribution in [3.05, 3.63) is 0 Å². The SMILES string of the molecule is CCN1C(=O)N(OS(=O)(=O)O)CC[C@H]1C(=O)NOCCNC(=O)OC(C)(C)C. The Kier molecular flexibility index (Phi) is 8.41. The molecular formula is C14H26N4O9S. The molecule has 0 aliphatic carbocycles. The van der Waals surface area contributed by atoms with E-state index in [0.717, 1.165) is 4.90 Å². The van der Waals surface area contributed by atoms with Gasteiger partial charge in [-0.1, -0.05) is 0 Å². The van der Waals surface area contributed by atoms with Crippen LogP contribution in [0.15, 0.2) is 0 Å². The van der Waals surface area contributed by atoms with Crippen molar-refractivity contribution in [2.45, 2.75) is 45.8 Å². The molecule has 13 nitrogen and oxygen atoms in total. The van der Waals surface area contributed by atoms with Gasteiger partial charge in [0.05, 0.1) is 13.2 Å². The van der Waals surface area contributed by atoms with E-state index in [4.69, 9.17) is 14.1 Å². The summed E-state index contributed by atoms with van der Waals surface area (Å²) in [6, 6.07) is -1.81. The zero-order valence-electron chi connectivity index (χ0n) is 16.1. The van der Waals surface area contributed by atoms with Crippen molar-refractivity contribution in [1.29, 1.82) is 0 Å². The van der Waals surface area contributed by atoms with E-state index in [-0.39, 0.29) is 32.7 Å². The fourth-order valence-corrected chi connectivity index (χ4v) is 2.65. The maximum absolute atomic E-state index is 12.2. The molecule has 1 aliphatic rings. The monoisotopic (exact) mass is 426 g/mol. The lowest BCUT2D eigenvalue weighted by Crippen LogP contribution is -2.59. The maximum Gasteiger partial charge on any atom is 0.418 e. The van der Waals surface area contributed by atoms with Crippen LogP contribution in [0.5, 0.6) is 0 Å². The van der Waals surface area contributed by atoms with Gasteiger partial charge in [-0.25, -0.2) is 15.1 Å². The first-order valence-corrected chi connectivity index (χ1v) is 9.84. The second-order valence-corrected chi connectivity index (χ2v) is 7.73. The number of urea groups is 1. The number of likely N-dealkylation sites (N-methyl/N-ethyl adjacent to an activating group) is 1. The summed E-state index contributed by atoms with van der Waals surface area (Å²) in [6.45, 7) is 6.63. The Morgan fingerprint density at radius 3 is 2.50 bits per heavy atom. The lowest BCUT2D eigenvalue weighted by Gasteiger charge is -2.38. The van der Waals surface area contributed by atoms with Crippen LogP contribution in [0.25, 0.3) is 0 Å². The molecule has 28 heavy (non-hydrogen) atoms. The molecule has 1 fully saturated rings. The number of rotatable bonds is 8. The van der Waals surface area contributed by atoms with Gasteiger partial charge in [-0.3, -0.25) is 14.2 Å². The van der Waals surface area contributed by atoms with Gasteiger partial charge in [-0.05, 0) is 34.1 Å². The van der Waals surface area contributed by atoms with Crippen molar-refractivity contribution in [3.63, 3.8) is 0 Å². The van der Waals surface area contributed by atoms with E-state index >= 15 is 0 Å². The Bertz CT molecular complexity index is 677. The Hall–Kier alpha value is -2.16. The van der Waals surface area contributed by atoms with Gasteiger partial charge in [-0.2, -0.15) is 13.5 Å². The number of hydrogen-bond acceptors (Lipinski definition) is 8. The maximum atomic E-state index is 12.2. The van der Waals surface area contributed by atoms with Crippen LogP contribution in [-0.2, 0) is 29.1 Å². The van der Waals surface area contributed by atoms with Gasteiger partial charge in [0, 0.05) is 13.1 Å². The quantitative estimate of drug-likeness (QED) is 0.271. The number of nitrogens with one attached hydrogen (secondary N) is 2. The molecular weight excluding hydrogens is 400 g/mol. The van der Waals surface area contributed by atoms with Crippen molar-refractivity contribution < 1.29 is 41.2 Å². The first kappa shape index (κ1) is 23.9. The molecule has 4 amide bonds. The van der Waals surface area contributed by atoms with Crippen LogP contribution in [-0.4, -0.2) is 78.8 Å². The van der Waals surface area contributed by atoms with Gasteiger partial charge in [0.25, 0.3) is 5.91 Å². The molecule has 1 aliphatic heterocycles. The van der Waals surface area contributed by atoms with Crippen LogP contribution in [0.1, 0.15) is 34.1 Å². The van der Waals surface area contributed by atoms with Crippen LogP contribution in [0, 0.1) is 0 Å². The summed E-state index contributed by atoms with van der Waals surface area (Å²) in [5.74, 6) is -0.626. The van der Waals surface area contributed by atoms with Gasteiger partial charge in [0.1, 0.15) is 11.6 Å². The average Bonchev–Trinajstić information content (AvgIpc) is 2.53. The van der Waals surface area contributed by atoms with E-state index in [1.54, 1.807) is 27.7 Å². The fraction of sp³-hybridized carbons (Fsp3) is 0.786. The van der Waals surface area contributed by atoms with Crippen LogP contribution >= 0.6 is 0 Å². The summed E-state index contributed by atoms with van der Waals surface area (Å²) in [5.41, 5.74) is 1.53. The minimum Gasteiger partial charge on any atom is -0.444 e. The highest BCUT2D eigenvalue weighted by atomic mass is 32.3. The summed E-state index contributed by atoms with van der Waals surface area (Å²) in [6.07, 6.45) is -0.586. The Labute approximate surface area is 163 Å². The van der Waals surface area contributed by atoms with Crippen molar-refractivity contribution in [2.75, 3.05) is 26.2 Å². The third kappa shape index (κ3) is 8.24. The van der Waals surface area contributed by atoms with Crippen LogP contribution in [0.4, 0.5) is 9.59 Å². The van der Waals surface area contributed by atoms with E-state index < -0.39 is 40.1 Å². The van der Waals surface area contributed by atoms with Crippen LogP contribution < -0.4 is 10.8 Å². The fourth-order valence-electron chi connectivity index (χ4n) is 2.29. The number of alkyl carbamates (subject to hydrolysis) is 1. The lowest BCUT2D eigenvalue weighted by molar-refractivity contribution is -0.142. The highest BCUT2D eigenvalue weighted by Crippen LogP contribution is 2.17. The van der Waals surface area contributed by atoms with Gasteiger partial charge in [0.15, 0.2) is 0 Å². The molecule has 1 atom stereocenters. The third-order valence-electron chi connectivity index (χ3n) is 3.31. The van der Waals surface area contributed by atoms with Gasteiger partial charge in [0.2, 0.25) is 0 Å². The molecule has 0 unspecified atom stereocenters. The molecule has 0 spiro atoms. The molecule has 0 aromatic heterocycles. The first-order valence-electron chi connectivity index (χ1n) is 8.47. The highest BCUT2D eigenvalue weighted by Gasteiger charge is 2.39. The molecule has 0 saturated carbocycles. The number of carbonyl (C=O) groups excluding carboxylic acids is 3. The first-order chi connectivity index (χ1) is 12.8. The number of carbonyl (C=O) groups is 3. The predicted octanol–water partition coefficient (Wildman–Crippen LogP) is -0.190. The van der Waals surface area contributed by atoms with Gasteiger partial charge in [-0.15, -0.1) is 4.28 Å². The van der Waals surface area contributed by atoms with Crippen molar-refractivity contribution in [1.82, 2.24) is 20.8 Å². The van der Waals surface area contributed by atoms with Crippen molar-refractivity contribution in [2.24, 2.45) is 0 Å². The molecule has 0 aromatic carbocycles. The predicted molar refractivity (Wildman–Crippen MR) is 93.9 cm³/mol. The number of amides is 4. The molecule has 1 saturated heterocycles. The van der Waals surface area contributed by atoms with E-state index in [1.807, 2.05) is 0 Å². The summed E-state index contributed by atoms with van der Waals surface area (Å²) >= 11 is 0. The second-order valence-electron chi connectivity index (χ2n) is 6.72. The summed E-state index contributed by atoms with van der Waals surface area (Å²) in [7, 11) is -4.86. The molecule has 3 N–H and O–H groups in total. The Morgan fingerprint density at radius 1 is 1.32 bits per heavy atom. The van der Waals surface area contributed by atoms with E-state index in [0.29, 0.717) is 5.06 Å². The largest absolute Gasteiger partial charge is 0.444 e. The summed E-state index contributed by atoms with van der Waals surface area (Å²) < 4.78 is 39.4. The minimum absolute atomic E-state index is 0.0421. The third-order valence-corrected chi connectivity index (χ3v) is 3.68.